The van der Waals surface area contributed by atoms with Crippen LogP contribution in [0.5, 0.6) is 0 Å². The second-order valence-corrected chi connectivity index (χ2v) is 10.2. The molecular formula is C25H22ClN3OS2. The van der Waals surface area contributed by atoms with Crippen molar-refractivity contribution in [3.63, 3.8) is 0 Å². The van der Waals surface area contributed by atoms with Crippen LogP contribution in [0.15, 0.2) is 80.5 Å². The molecule has 0 N–H and O–H groups in total. The van der Waals surface area contributed by atoms with Crippen LogP contribution >= 0.6 is 35.1 Å². The van der Waals surface area contributed by atoms with Gasteiger partial charge in [-0.05, 0) is 47.8 Å². The third kappa shape index (κ3) is 3.81. The predicted molar refractivity (Wildman–Crippen MR) is 138 cm³/mol. The standard InChI is InChI=1S/C25H22ClN3OS2/c1-3-4-14-29-23(30)22(24-28(2)20-15-17(26)12-13-21(20)31-24)32-25(29)27-19-11-7-9-16-8-5-6-10-18(16)19/h5-13,15H,3-4,14H2,1-2H3/b24-22-,27-25?. The van der Waals surface area contributed by atoms with Gasteiger partial charge in [0.05, 0.1) is 16.4 Å². The second-order valence-electron chi connectivity index (χ2n) is 7.71. The molecule has 0 radical (unpaired) electrons. The van der Waals surface area contributed by atoms with Crippen LogP contribution in [0.2, 0.25) is 5.02 Å². The van der Waals surface area contributed by atoms with E-state index in [1.807, 2.05) is 54.4 Å². The lowest BCUT2D eigenvalue weighted by atomic mass is 10.1. The quantitative estimate of drug-likeness (QED) is 0.369. The molecule has 0 aliphatic carbocycles. The van der Waals surface area contributed by atoms with Gasteiger partial charge in [-0.3, -0.25) is 9.69 Å². The first-order valence-corrected chi connectivity index (χ1v) is 12.6. The van der Waals surface area contributed by atoms with E-state index < -0.39 is 0 Å². The largest absolute Gasteiger partial charge is 0.337 e. The second kappa shape index (κ2) is 8.85. The average Bonchev–Trinajstić information content (AvgIpc) is 3.28. The van der Waals surface area contributed by atoms with Gasteiger partial charge in [-0.25, -0.2) is 4.99 Å². The summed E-state index contributed by atoms with van der Waals surface area (Å²) in [4.78, 5) is 24.2. The van der Waals surface area contributed by atoms with Crippen LogP contribution in [-0.2, 0) is 4.79 Å². The molecule has 162 valence electrons. The molecule has 3 aromatic rings. The highest BCUT2D eigenvalue weighted by Gasteiger charge is 2.39. The normalized spacial score (nSPS) is 19.5. The minimum absolute atomic E-state index is 0.0238. The van der Waals surface area contributed by atoms with Crippen molar-refractivity contribution in [2.45, 2.75) is 24.7 Å². The highest BCUT2D eigenvalue weighted by Crippen LogP contribution is 2.50. The molecule has 0 saturated carbocycles. The van der Waals surface area contributed by atoms with Gasteiger partial charge in [0.25, 0.3) is 5.91 Å². The number of thioether (sulfide) groups is 2. The fraction of sp³-hybridized carbons (Fsp3) is 0.200. The number of anilines is 1. The molecule has 1 amide bonds. The van der Waals surface area contributed by atoms with Gasteiger partial charge in [0.15, 0.2) is 5.17 Å². The number of amidine groups is 1. The minimum Gasteiger partial charge on any atom is -0.337 e. The van der Waals surface area contributed by atoms with E-state index in [-0.39, 0.29) is 5.91 Å². The van der Waals surface area contributed by atoms with Crippen molar-refractivity contribution >= 4 is 68.3 Å². The van der Waals surface area contributed by atoms with Gasteiger partial charge in [-0.15, -0.1) is 0 Å². The maximum absolute atomic E-state index is 13.5. The van der Waals surface area contributed by atoms with E-state index in [1.165, 1.54) is 11.8 Å². The highest BCUT2D eigenvalue weighted by atomic mass is 35.5. The maximum atomic E-state index is 13.5. The summed E-state index contributed by atoms with van der Waals surface area (Å²) in [5, 5.41) is 4.59. The molecule has 2 aliphatic rings. The zero-order valence-electron chi connectivity index (χ0n) is 17.8. The van der Waals surface area contributed by atoms with Crippen molar-refractivity contribution in [2.24, 2.45) is 4.99 Å². The monoisotopic (exact) mass is 479 g/mol. The molecule has 2 aliphatic heterocycles. The van der Waals surface area contributed by atoms with Crippen LogP contribution < -0.4 is 4.90 Å². The number of amides is 1. The molecule has 1 fully saturated rings. The summed E-state index contributed by atoms with van der Waals surface area (Å²) in [6.45, 7) is 2.80. The Morgan fingerprint density at radius 1 is 1.03 bits per heavy atom. The van der Waals surface area contributed by atoms with E-state index in [1.54, 1.807) is 11.8 Å². The van der Waals surface area contributed by atoms with Crippen LogP contribution in [0.1, 0.15) is 19.8 Å². The van der Waals surface area contributed by atoms with Crippen molar-refractivity contribution in [3.05, 3.63) is 75.6 Å². The Labute approximate surface area is 201 Å². The Balaban J connectivity index is 1.57. The Morgan fingerprint density at radius 3 is 2.69 bits per heavy atom. The number of hydrogen-bond donors (Lipinski definition) is 0. The number of carbonyl (C=O) groups excluding carboxylic acids is 1. The molecule has 1 saturated heterocycles. The van der Waals surface area contributed by atoms with Gasteiger partial charge in [-0.2, -0.15) is 0 Å². The van der Waals surface area contributed by atoms with Crippen LogP contribution in [0.3, 0.4) is 0 Å². The summed E-state index contributed by atoms with van der Waals surface area (Å²) < 4.78 is 0. The van der Waals surface area contributed by atoms with Gasteiger partial charge in [-0.1, -0.05) is 73.1 Å². The zero-order chi connectivity index (χ0) is 22.2. The molecular weight excluding hydrogens is 458 g/mol. The van der Waals surface area contributed by atoms with Crippen molar-refractivity contribution in [1.82, 2.24) is 4.90 Å². The Morgan fingerprint density at radius 2 is 1.84 bits per heavy atom. The van der Waals surface area contributed by atoms with Crippen LogP contribution in [0.4, 0.5) is 11.4 Å². The third-order valence-electron chi connectivity index (χ3n) is 5.57. The van der Waals surface area contributed by atoms with Crippen LogP contribution in [0.25, 0.3) is 10.8 Å². The predicted octanol–water partition coefficient (Wildman–Crippen LogP) is 7.27. The summed E-state index contributed by atoms with van der Waals surface area (Å²) >= 11 is 9.30. The number of nitrogens with zero attached hydrogens (tertiary/aromatic N) is 3. The van der Waals surface area contributed by atoms with Crippen molar-refractivity contribution in [1.29, 1.82) is 0 Å². The lowest BCUT2D eigenvalue weighted by Gasteiger charge is -2.16. The van der Waals surface area contributed by atoms with E-state index in [4.69, 9.17) is 16.6 Å². The lowest BCUT2D eigenvalue weighted by Crippen LogP contribution is -2.30. The van der Waals surface area contributed by atoms with E-state index in [2.05, 4.69) is 30.0 Å². The van der Waals surface area contributed by atoms with E-state index in [0.717, 1.165) is 55.0 Å². The Kier molecular flexibility index (Phi) is 5.93. The van der Waals surface area contributed by atoms with Crippen LogP contribution in [-0.4, -0.2) is 29.6 Å². The maximum Gasteiger partial charge on any atom is 0.269 e. The minimum atomic E-state index is 0.0238. The van der Waals surface area contributed by atoms with E-state index >= 15 is 0 Å². The van der Waals surface area contributed by atoms with Gasteiger partial charge in [0.1, 0.15) is 4.91 Å². The first kappa shape index (κ1) is 21.4. The summed E-state index contributed by atoms with van der Waals surface area (Å²) in [5.41, 5.74) is 1.91. The molecule has 4 nitrogen and oxygen atoms in total. The van der Waals surface area contributed by atoms with Gasteiger partial charge >= 0.3 is 0 Å². The molecule has 0 aromatic heterocycles. The zero-order valence-corrected chi connectivity index (χ0v) is 20.2. The molecule has 32 heavy (non-hydrogen) atoms. The highest BCUT2D eigenvalue weighted by molar-refractivity contribution is 8.19. The molecule has 7 heteroatoms. The first-order chi connectivity index (χ1) is 15.6. The summed E-state index contributed by atoms with van der Waals surface area (Å²) in [7, 11) is 1.99. The smallest absolute Gasteiger partial charge is 0.269 e. The number of carbonyl (C=O) groups is 1. The molecule has 0 spiro atoms. The van der Waals surface area contributed by atoms with E-state index in [0.29, 0.717) is 11.6 Å². The Hall–Kier alpha value is -2.41. The summed E-state index contributed by atoms with van der Waals surface area (Å²) in [5.74, 6) is 0.0238. The first-order valence-electron chi connectivity index (χ1n) is 10.6. The number of rotatable bonds is 4. The fourth-order valence-electron chi connectivity index (χ4n) is 3.86. The number of halogens is 1. The van der Waals surface area contributed by atoms with E-state index in [9.17, 15) is 4.79 Å². The fourth-order valence-corrected chi connectivity index (χ4v) is 6.37. The molecule has 2 heterocycles. The number of benzene rings is 3. The number of unbranched alkanes of at least 4 members (excludes halogenated alkanes) is 1. The number of fused-ring (bicyclic) bond motifs is 2. The SMILES string of the molecule is CCCCN1C(=O)/C(=C2/Sc3ccc(Cl)cc3N2C)SC1=Nc1cccc2ccccc12. The molecule has 0 atom stereocenters. The summed E-state index contributed by atoms with van der Waals surface area (Å²) in [6, 6.07) is 20.2. The topological polar surface area (TPSA) is 35.9 Å². The average molecular weight is 480 g/mol. The molecule has 3 aromatic carbocycles. The van der Waals surface area contributed by atoms with Gasteiger partial charge in [0.2, 0.25) is 0 Å². The van der Waals surface area contributed by atoms with Gasteiger partial charge < -0.3 is 4.90 Å². The molecule has 5 rings (SSSR count). The lowest BCUT2D eigenvalue weighted by molar-refractivity contribution is -0.122. The number of hydrogen-bond acceptors (Lipinski definition) is 5. The third-order valence-corrected chi connectivity index (χ3v) is 8.24. The van der Waals surface area contributed by atoms with Gasteiger partial charge in [0, 0.05) is 28.9 Å². The number of aliphatic imine (C=N–C) groups is 1. The van der Waals surface area contributed by atoms with Crippen molar-refractivity contribution in [3.8, 4) is 0 Å². The van der Waals surface area contributed by atoms with Crippen molar-refractivity contribution in [2.75, 3.05) is 18.5 Å². The molecule has 0 bridgehead atoms. The van der Waals surface area contributed by atoms with Crippen molar-refractivity contribution < 1.29 is 4.79 Å². The van der Waals surface area contributed by atoms with Crippen LogP contribution in [0, 0.1) is 0 Å². The summed E-state index contributed by atoms with van der Waals surface area (Å²) in [6.07, 6.45) is 1.95. The Bertz CT molecular complexity index is 1280. The molecule has 0 unspecified atom stereocenters.